The van der Waals surface area contributed by atoms with Crippen molar-refractivity contribution in [1.82, 2.24) is 5.32 Å². The second-order valence-corrected chi connectivity index (χ2v) is 5.88. The van der Waals surface area contributed by atoms with E-state index in [4.69, 9.17) is 4.74 Å². The van der Waals surface area contributed by atoms with Gasteiger partial charge in [-0.25, -0.2) is 0 Å². The number of benzene rings is 1. The number of rotatable bonds is 5. The minimum absolute atomic E-state index is 0.167. The molecule has 1 heterocycles. The zero-order valence-corrected chi connectivity index (χ0v) is 13.9. The highest BCUT2D eigenvalue weighted by atomic mass is 19.4. The number of anilines is 1. The van der Waals surface area contributed by atoms with Crippen LogP contribution in [0.5, 0.6) is 0 Å². The van der Waals surface area contributed by atoms with E-state index in [1.165, 1.54) is 12.1 Å². The van der Waals surface area contributed by atoms with E-state index in [1.54, 1.807) is 14.0 Å². The lowest BCUT2D eigenvalue weighted by Crippen LogP contribution is -2.37. The van der Waals surface area contributed by atoms with Crippen LogP contribution in [0.4, 0.5) is 18.9 Å². The Bertz CT molecular complexity index is 567. The number of hydrogen-bond donors (Lipinski definition) is 1. The normalized spacial score (nSPS) is 16.3. The first-order valence-electron chi connectivity index (χ1n) is 8.13. The molecule has 24 heavy (non-hydrogen) atoms. The summed E-state index contributed by atoms with van der Waals surface area (Å²) in [6, 6.07) is 3.84. The van der Waals surface area contributed by atoms with Crippen molar-refractivity contribution in [3.05, 3.63) is 29.3 Å². The van der Waals surface area contributed by atoms with E-state index in [9.17, 15) is 18.0 Å². The number of carbonyl (C=O) groups excluding carboxylic acids is 1. The summed E-state index contributed by atoms with van der Waals surface area (Å²) in [6.45, 7) is 3.69. The quantitative estimate of drug-likeness (QED) is 0.833. The third kappa shape index (κ3) is 4.41. The number of hydrogen-bond acceptors (Lipinski definition) is 4. The van der Waals surface area contributed by atoms with Crippen molar-refractivity contribution in [1.29, 1.82) is 0 Å². The molecule has 1 aromatic rings. The molecule has 0 spiro atoms. The van der Waals surface area contributed by atoms with Crippen LogP contribution in [0.25, 0.3) is 0 Å². The average molecular weight is 344 g/mol. The molecule has 2 rings (SSSR count). The molecule has 0 atom stereocenters. The molecule has 0 bridgehead atoms. The molecule has 7 heteroatoms. The van der Waals surface area contributed by atoms with E-state index in [2.05, 4.69) is 5.32 Å². The molecule has 1 fully saturated rings. The molecule has 1 aliphatic heterocycles. The molecular formula is C17H23F3N2O2. The number of ether oxygens (including phenoxy) is 1. The van der Waals surface area contributed by atoms with Gasteiger partial charge in [0.1, 0.15) is 0 Å². The van der Waals surface area contributed by atoms with Crippen molar-refractivity contribution in [2.45, 2.75) is 32.5 Å². The number of nitrogens with one attached hydrogen (secondary N) is 1. The molecule has 1 N–H and O–H groups in total. The van der Waals surface area contributed by atoms with Gasteiger partial charge in [-0.3, -0.25) is 4.79 Å². The summed E-state index contributed by atoms with van der Waals surface area (Å²) in [6.07, 6.45) is -3.18. The second kappa shape index (κ2) is 7.88. The fraction of sp³-hybridized carbons (Fsp3) is 0.588. The molecule has 1 aliphatic rings. The lowest BCUT2D eigenvalue weighted by Gasteiger charge is -2.34. The minimum atomic E-state index is -4.36. The predicted octanol–water partition coefficient (Wildman–Crippen LogP) is 3.20. The Morgan fingerprint density at radius 3 is 2.54 bits per heavy atom. The summed E-state index contributed by atoms with van der Waals surface area (Å²) in [4.78, 5) is 13.7. The van der Waals surface area contributed by atoms with Crippen LogP contribution in [0.15, 0.2) is 18.2 Å². The van der Waals surface area contributed by atoms with Crippen LogP contribution < -0.4 is 10.2 Å². The van der Waals surface area contributed by atoms with Crippen molar-refractivity contribution in [3.63, 3.8) is 0 Å². The van der Waals surface area contributed by atoms with E-state index in [1.807, 2.05) is 4.90 Å². The average Bonchev–Trinajstić information content (AvgIpc) is 2.55. The predicted molar refractivity (Wildman–Crippen MR) is 85.8 cm³/mol. The van der Waals surface area contributed by atoms with Crippen LogP contribution in [0.1, 0.15) is 30.9 Å². The van der Waals surface area contributed by atoms with Crippen LogP contribution in [0.2, 0.25) is 0 Å². The first-order valence-corrected chi connectivity index (χ1v) is 8.13. The number of alkyl halides is 3. The van der Waals surface area contributed by atoms with Gasteiger partial charge in [-0.2, -0.15) is 13.2 Å². The van der Waals surface area contributed by atoms with Crippen molar-refractivity contribution < 1.29 is 22.7 Å². The van der Waals surface area contributed by atoms with Gasteiger partial charge in [-0.05, 0) is 44.5 Å². The van der Waals surface area contributed by atoms with E-state index < -0.39 is 11.7 Å². The van der Waals surface area contributed by atoms with Gasteiger partial charge in [0.05, 0.1) is 18.1 Å². The maximum Gasteiger partial charge on any atom is 0.416 e. The molecule has 134 valence electrons. The highest BCUT2D eigenvalue weighted by Crippen LogP contribution is 2.35. The molecule has 1 aromatic carbocycles. The topological polar surface area (TPSA) is 41.6 Å². The molecule has 4 nitrogen and oxygen atoms in total. The van der Waals surface area contributed by atoms with Crippen molar-refractivity contribution in [2.75, 3.05) is 31.6 Å². The molecule has 0 amide bonds. The van der Waals surface area contributed by atoms with Gasteiger partial charge in [-0.1, -0.05) is 6.07 Å². The van der Waals surface area contributed by atoms with Crippen molar-refractivity contribution >= 4 is 11.7 Å². The Morgan fingerprint density at radius 2 is 2.00 bits per heavy atom. The second-order valence-electron chi connectivity index (χ2n) is 5.88. The van der Waals surface area contributed by atoms with Crippen molar-refractivity contribution in [3.8, 4) is 0 Å². The van der Waals surface area contributed by atoms with Crippen LogP contribution in [0.3, 0.4) is 0 Å². The van der Waals surface area contributed by atoms with Gasteiger partial charge in [0, 0.05) is 25.3 Å². The number of piperidine rings is 1. The number of halogens is 3. The van der Waals surface area contributed by atoms with E-state index >= 15 is 0 Å². The standard InChI is InChI=1S/C17H23F3N2O2/c1-3-24-16(23)12-6-8-22(9-7-12)15-10-14(17(18,19)20)5-4-13(15)11-21-2/h4-5,10,12,21H,3,6-9,11H2,1-2H3. The third-order valence-corrected chi connectivity index (χ3v) is 4.24. The fourth-order valence-electron chi connectivity index (χ4n) is 2.99. The van der Waals surface area contributed by atoms with Crippen molar-refractivity contribution in [2.24, 2.45) is 5.92 Å². The van der Waals surface area contributed by atoms with Gasteiger partial charge in [0.15, 0.2) is 0 Å². The van der Waals surface area contributed by atoms with Gasteiger partial charge < -0.3 is 15.0 Å². The number of nitrogens with zero attached hydrogens (tertiary/aromatic N) is 1. The van der Waals surface area contributed by atoms with E-state index in [-0.39, 0.29) is 11.9 Å². The first-order chi connectivity index (χ1) is 11.4. The lowest BCUT2D eigenvalue weighted by molar-refractivity contribution is -0.148. The first kappa shape index (κ1) is 18.6. The Labute approximate surface area is 140 Å². The van der Waals surface area contributed by atoms with Crippen LogP contribution >= 0.6 is 0 Å². The maximum absolute atomic E-state index is 13.0. The van der Waals surface area contributed by atoms with E-state index in [0.29, 0.717) is 44.8 Å². The zero-order valence-electron chi connectivity index (χ0n) is 13.9. The molecule has 0 aliphatic carbocycles. The van der Waals surface area contributed by atoms with Gasteiger partial charge in [-0.15, -0.1) is 0 Å². The summed E-state index contributed by atoms with van der Waals surface area (Å²) in [5.74, 6) is -0.378. The Balaban J connectivity index is 2.17. The smallest absolute Gasteiger partial charge is 0.416 e. The highest BCUT2D eigenvalue weighted by molar-refractivity contribution is 5.73. The monoisotopic (exact) mass is 344 g/mol. The number of esters is 1. The molecule has 0 aromatic heterocycles. The Kier molecular flexibility index (Phi) is 6.10. The van der Waals surface area contributed by atoms with Crippen LogP contribution in [-0.4, -0.2) is 32.7 Å². The zero-order chi connectivity index (χ0) is 17.7. The van der Waals surface area contributed by atoms with E-state index in [0.717, 1.165) is 11.6 Å². The molecule has 0 saturated carbocycles. The SMILES string of the molecule is CCOC(=O)C1CCN(c2cc(C(F)(F)F)ccc2CNC)CC1. The minimum Gasteiger partial charge on any atom is -0.466 e. The fourth-order valence-corrected chi connectivity index (χ4v) is 2.99. The number of carbonyl (C=O) groups is 1. The summed E-state index contributed by atoms with van der Waals surface area (Å²) < 4.78 is 44.1. The van der Waals surface area contributed by atoms with Gasteiger partial charge in [0.25, 0.3) is 0 Å². The molecule has 0 unspecified atom stereocenters. The molecular weight excluding hydrogens is 321 g/mol. The Hall–Kier alpha value is -1.76. The molecule has 1 saturated heterocycles. The Morgan fingerprint density at radius 1 is 1.33 bits per heavy atom. The summed E-state index contributed by atoms with van der Waals surface area (Å²) in [5.41, 5.74) is 0.756. The van der Waals surface area contributed by atoms with Crippen LogP contribution in [0, 0.1) is 5.92 Å². The summed E-state index contributed by atoms with van der Waals surface area (Å²) >= 11 is 0. The van der Waals surface area contributed by atoms with Crippen LogP contribution in [-0.2, 0) is 22.3 Å². The summed E-state index contributed by atoms with van der Waals surface area (Å²) in [5, 5.41) is 2.98. The highest BCUT2D eigenvalue weighted by Gasteiger charge is 2.32. The third-order valence-electron chi connectivity index (χ3n) is 4.24. The largest absolute Gasteiger partial charge is 0.466 e. The maximum atomic E-state index is 13.0. The van der Waals surface area contributed by atoms with Gasteiger partial charge >= 0.3 is 12.1 Å². The van der Waals surface area contributed by atoms with Gasteiger partial charge in [0.2, 0.25) is 0 Å². The summed E-state index contributed by atoms with van der Waals surface area (Å²) in [7, 11) is 1.76. The lowest BCUT2D eigenvalue weighted by atomic mass is 9.95. The molecule has 0 radical (unpaired) electrons.